The minimum absolute atomic E-state index is 0.617. The SMILES string of the molecule is COc1cccc(CC(CCl)C2CCCCCC2)c1. The molecule has 0 amide bonds. The number of alkyl halides is 1. The summed E-state index contributed by atoms with van der Waals surface area (Å²) in [5.74, 6) is 3.16. The molecule has 0 N–H and O–H groups in total. The number of ether oxygens (including phenoxy) is 1. The normalized spacial score (nSPS) is 18.8. The number of benzene rings is 1. The Morgan fingerprint density at radius 3 is 2.58 bits per heavy atom. The van der Waals surface area contributed by atoms with Crippen LogP contribution < -0.4 is 4.74 Å². The van der Waals surface area contributed by atoms with Gasteiger partial charge in [-0.2, -0.15) is 0 Å². The topological polar surface area (TPSA) is 9.23 Å². The zero-order valence-electron chi connectivity index (χ0n) is 11.9. The Morgan fingerprint density at radius 2 is 1.95 bits per heavy atom. The molecule has 0 radical (unpaired) electrons. The largest absolute Gasteiger partial charge is 0.497 e. The molecule has 106 valence electrons. The monoisotopic (exact) mass is 280 g/mol. The van der Waals surface area contributed by atoms with Crippen LogP contribution in [0.3, 0.4) is 0 Å². The summed E-state index contributed by atoms with van der Waals surface area (Å²) >= 11 is 6.25. The van der Waals surface area contributed by atoms with E-state index in [1.807, 2.05) is 6.07 Å². The third-order valence-electron chi connectivity index (χ3n) is 4.40. The van der Waals surface area contributed by atoms with Gasteiger partial charge in [-0.15, -0.1) is 11.6 Å². The molecule has 0 aromatic heterocycles. The zero-order chi connectivity index (χ0) is 13.5. The van der Waals surface area contributed by atoms with Crippen LogP contribution in [0.5, 0.6) is 5.75 Å². The van der Waals surface area contributed by atoms with Crippen molar-refractivity contribution in [1.29, 1.82) is 0 Å². The Balaban J connectivity index is 2.00. The van der Waals surface area contributed by atoms with E-state index in [0.29, 0.717) is 5.92 Å². The standard InChI is InChI=1S/C17H25ClO/c1-19-17-10-6-7-14(12-17)11-16(13-18)15-8-4-2-3-5-9-15/h6-7,10,12,15-16H,2-5,8-9,11,13H2,1H3. The molecule has 0 saturated heterocycles. The van der Waals surface area contributed by atoms with Gasteiger partial charge in [-0.05, 0) is 36.0 Å². The lowest BCUT2D eigenvalue weighted by atomic mass is 9.83. The highest BCUT2D eigenvalue weighted by Gasteiger charge is 2.22. The fourth-order valence-electron chi connectivity index (χ4n) is 3.23. The molecule has 0 heterocycles. The molecule has 0 spiro atoms. The molecule has 1 aromatic carbocycles. The van der Waals surface area contributed by atoms with Gasteiger partial charge in [-0.25, -0.2) is 0 Å². The van der Waals surface area contributed by atoms with E-state index in [4.69, 9.17) is 16.3 Å². The minimum atomic E-state index is 0.617. The summed E-state index contributed by atoms with van der Waals surface area (Å²) in [4.78, 5) is 0. The summed E-state index contributed by atoms with van der Waals surface area (Å²) in [6.07, 6.45) is 9.40. The first kappa shape index (κ1) is 14.7. The highest BCUT2D eigenvalue weighted by atomic mass is 35.5. The molecule has 1 unspecified atom stereocenters. The van der Waals surface area contributed by atoms with Gasteiger partial charge < -0.3 is 4.74 Å². The maximum absolute atomic E-state index is 6.25. The molecule has 19 heavy (non-hydrogen) atoms. The molecule has 1 aliphatic carbocycles. The molecule has 0 bridgehead atoms. The van der Waals surface area contributed by atoms with E-state index < -0.39 is 0 Å². The van der Waals surface area contributed by atoms with Crippen LogP contribution >= 0.6 is 11.6 Å². The average Bonchev–Trinajstić information content (AvgIpc) is 2.74. The molecule has 1 atom stereocenters. The predicted octanol–water partition coefficient (Wildman–Crippen LogP) is 5.06. The quantitative estimate of drug-likeness (QED) is 0.541. The van der Waals surface area contributed by atoms with Gasteiger partial charge in [0.2, 0.25) is 0 Å². The predicted molar refractivity (Wildman–Crippen MR) is 82.1 cm³/mol. The van der Waals surface area contributed by atoms with E-state index in [1.54, 1.807) is 7.11 Å². The van der Waals surface area contributed by atoms with Crippen LogP contribution in [0.4, 0.5) is 0 Å². The van der Waals surface area contributed by atoms with E-state index in [2.05, 4.69) is 18.2 Å². The Hall–Kier alpha value is -0.690. The fourth-order valence-corrected chi connectivity index (χ4v) is 3.59. The molecule has 2 rings (SSSR count). The molecule has 1 nitrogen and oxygen atoms in total. The molecular weight excluding hydrogens is 256 g/mol. The van der Waals surface area contributed by atoms with E-state index in [0.717, 1.165) is 24.0 Å². The molecule has 0 aliphatic heterocycles. The second kappa shape index (κ2) is 7.79. The van der Waals surface area contributed by atoms with Crippen LogP contribution in [-0.2, 0) is 6.42 Å². The van der Waals surface area contributed by atoms with E-state index in [9.17, 15) is 0 Å². The zero-order valence-corrected chi connectivity index (χ0v) is 12.7. The molecule has 1 aromatic rings. The van der Waals surface area contributed by atoms with Crippen molar-refractivity contribution < 1.29 is 4.74 Å². The maximum atomic E-state index is 6.25. The number of hydrogen-bond donors (Lipinski definition) is 0. The highest BCUT2D eigenvalue weighted by Crippen LogP contribution is 2.32. The minimum Gasteiger partial charge on any atom is -0.497 e. The number of methoxy groups -OCH3 is 1. The number of hydrogen-bond acceptors (Lipinski definition) is 1. The molecule has 2 heteroatoms. The smallest absolute Gasteiger partial charge is 0.119 e. The van der Waals surface area contributed by atoms with Gasteiger partial charge >= 0.3 is 0 Å². The van der Waals surface area contributed by atoms with Crippen molar-refractivity contribution in [1.82, 2.24) is 0 Å². The molecular formula is C17H25ClO. The summed E-state index contributed by atoms with van der Waals surface area (Å²) in [7, 11) is 1.73. The van der Waals surface area contributed by atoms with E-state index >= 15 is 0 Å². The lowest BCUT2D eigenvalue weighted by Gasteiger charge is -2.24. The van der Waals surface area contributed by atoms with E-state index in [1.165, 1.54) is 44.1 Å². The number of rotatable bonds is 5. The average molecular weight is 281 g/mol. The summed E-state index contributed by atoms with van der Waals surface area (Å²) in [5, 5.41) is 0. The molecule has 1 fully saturated rings. The third kappa shape index (κ3) is 4.42. The Labute approximate surface area is 122 Å². The van der Waals surface area contributed by atoms with Crippen molar-refractivity contribution >= 4 is 11.6 Å². The first-order valence-corrected chi connectivity index (χ1v) is 8.06. The number of halogens is 1. The Kier molecular flexibility index (Phi) is 6.03. The van der Waals surface area contributed by atoms with Crippen LogP contribution in [0.25, 0.3) is 0 Å². The van der Waals surface area contributed by atoms with Crippen molar-refractivity contribution in [3.8, 4) is 5.75 Å². The van der Waals surface area contributed by atoms with Crippen molar-refractivity contribution in [2.24, 2.45) is 11.8 Å². The van der Waals surface area contributed by atoms with Crippen LogP contribution in [0.2, 0.25) is 0 Å². The Morgan fingerprint density at radius 1 is 1.21 bits per heavy atom. The summed E-state index contributed by atoms with van der Waals surface area (Å²) < 4.78 is 5.30. The van der Waals surface area contributed by atoms with Gasteiger partial charge in [0.15, 0.2) is 0 Å². The van der Waals surface area contributed by atoms with Gasteiger partial charge in [0.25, 0.3) is 0 Å². The van der Waals surface area contributed by atoms with Gasteiger partial charge in [0.05, 0.1) is 7.11 Å². The van der Waals surface area contributed by atoms with Crippen LogP contribution in [0.1, 0.15) is 44.1 Å². The van der Waals surface area contributed by atoms with Crippen LogP contribution in [-0.4, -0.2) is 13.0 Å². The van der Waals surface area contributed by atoms with Crippen LogP contribution in [0, 0.1) is 11.8 Å². The molecule has 1 saturated carbocycles. The second-order valence-corrected chi connectivity index (χ2v) is 6.03. The van der Waals surface area contributed by atoms with Gasteiger partial charge in [0.1, 0.15) is 5.75 Å². The van der Waals surface area contributed by atoms with Gasteiger partial charge in [0, 0.05) is 5.88 Å². The first-order valence-electron chi connectivity index (χ1n) is 7.52. The fraction of sp³-hybridized carbons (Fsp3) is 0.647. The Bertz CT molecular complexity index is 369. The summed E-state index contributed by atoms with van der Waals surface area (Å²) in [6, 6.07) is 8.42. The highest BCUT2D eigenvalue weighted by molar-refractivity contribution is 6.18. The second-order valence-electron chi connectivity index (χ2n) is 5.72. The summed E-state index contributed by atoms with van der Waals surface area (Å²) in [5.41, 5.74) is 1.36. The van der Waals surface area contributed by atoms with Crippen molar-refractivity contribution in [3.63, 3.8) is 0 Å². The van der Waals surface area contributed by atoms with Crippen molar-refractivity contribution in [3.05, 3.63) is 29.8 Å². The molecule has 1 aliphatic rings. The van der Waals surface area contributed by atoms with E-state index in [-0.39, 0.29) is 0 Å². The lowest BCUT2D eigenvalue weighted by Crippen LogP contribution is -2.18. The van der Waals surface area contributed by atoms with Gasteiger partial charge in [-0.1, -0.05) is 50.7 Å². The lowest BCUT2D eigenvalue weighted by molar-refractivity contribution is 0.321. The van der Waals surface area contributed by atoms with Crippen molar-refractivity contribution in [2.45, 2.75) is 44.9 Å². The van der Waals surface area contributed by atoms with Crippen LogP contribution in [0.15, 0.2) is 24.3 Å². The van der Waals surface area contributed by atoms with Crippen molar-refractivity contribution in [2.75, 3.05) is 13.0 Å². The summed E-state index contributed by atoms with van der Waals surface area (Å²) in [6.45, 7) is 0. The maximum Gasteiger partial charge on any atom is 0.119 e. The third-order valence-corrected chi connectivity index (χ3v) is 4.79. The van der Waals surface area contributed by atoms with Gasteiger partial charge in [-0.3, -0.25) is 0 Å². The first-order chi connectivity index (χ1) is 9.33.